The molecule has 2 heterocycles. The largest absolute Gasteiger partial charge is 0.479 e. The van der Waals surface area contributed by atoms with Gasteiger partial charge in [-0.15, -0.1) is 0 Å². The number of rotatable bonds is 5. The molecule has 0 aromatic carbocycles. The summed E-state index contributed by atoms with van der Waals surface area (Å²) in [5.74, 6) is -4.01. The van der Waals surface area contributed by atoms with Crippen molar-refractivity contribution in [1.29, 1.82) is 0 Å². The number of carbonyl (C=O) groups is 3. The molecule has 0 aromatic rings. The predicted octanol–water partition coefficient (Wildman–Crippen LogP) is -5.10. The summed E-state index contributed by atoms with van der Waals surface area (Å²) >= 11 is 0. The SMILES string of the molecule is CC(=O)N[C@H]1C(O[C@@H]2[C@@H](O)[C@@H](N)[C@@H](O)O[C@@H]2C(=O)O)O[C@H](C(=O)O)[C@@H](O)[C@H]1O. The summed E-state index contributed by atoms with van der Waals surface area (Å²) in [5, 5.41) is 60.4. The van der Waals surface area contributed by atoms with Crippen LogP contribution in [0.1, 0.15) is 6.92 Å². The Kier molecular flexibility index (Phi) is 6.89. The van der Waals surface area contributed by atoms with Crippen molar-refractivity contribution in [1.82, 2.24) is 5.32 Å². The maximum Gasteiger partial charge on any atom is 0.335 e. The molecule has 14 heteroatoms. The molecule has 2 saturated heterocycles. The standard InChI is InChI=1S/C14H22N2O12/c1-2(17)16-4-6(19)7(20)9(11(21)22)28-14(4)27-8-5(18)3(15)13(25)26-10(8)12(23)24/h3-10,13-14,18-20,25H,15H2,1H3,(H,16,17)(H,21,22)(H,23,24)/t3-,4-,5+,6+,7+,8-,9+,10+,13+,14?/m1/s1. The van der Waals surface area contributed by atoms with E-state index < -0.39 is 79.1 Å². The normalized spacial score (nSPS) is 43.9. The number of hydrogen-bond donors (Lipinski definition) is 8. The van der Waals surface area contributed by atoms with E-state index in [2.05, 4.69) is 5.32 Å². The number of hydrogen-bond acceptors (Lipinski definition) is 11. The first-order valence-corrected chi connectivity index (χ1v) is 8.12. The second kappa shape index (κ2) is 8.62. The Hall–Kier alpha value is -1.91. The summed E-state index contributed by atoms with van der Waals surface area (Å²) in [5.41, 5.74) is 5.53. The maximum atomic E-state index is 11.4. The number of carboxylic acids is 2. The molecule has 1 amide bonds. The van der Waals surface area contributed by atoms with E-state index in [0.717, 1.165) is 6.92 Å². The molecule has 14 nitrogen and oxygen atoms in total. The molecule has 0 radical (unpaired) electrons. The number of nitrogens with one attached hydrogen (secondary N) is 1. The fourth-order valence-electron chi connectivity index (χ4n) is 2.96. The quantitative estimate of drug-likeness (QED) is 0.212. The topological polar surface area (TPSA) is 238 Å². The number of ether oxygens (including phenoxy) is 3. The predicted molar refractivity (Wildman–Crippen MR) is 83.3 cm³/mol. The lowest BCUT2D eigenvalue weighted by atomic mass is 9.94. The Labute approximate surface area is 157 Å². The van der Waals surface area contributed by atoms with Crippen LogP contribution in [0.4, 0.5) is 0 Å². The Morgan fingerprint density at radius 2 is 1.50 bits per heavy atom. The number of amides is 1. The second-order valence-corrected chi connectivity index (χ2v) is 6.42. The van der Waals surface area contributed by atoms with E-state index in [1.165, 1.54) is 0 Å². The van der Waals surface area contributed by atoms with Crippen LogP contribution in [0.2, 0.25) is 0 Å². The zero-order valence-electron chi connectivity index (χ0n) is 14.5. The molecular formula is C14H22N2O12. The molecule has 0 spiro atoms. The molecule has 160 valence electrons. The van der Waals surface area contributed by atoms with Gasteiger partial charge in [0.2, 0.25) is 5.91 Å². The highest BCUT2D eigenvalue weighted by atomic mass is 16.7. The summed E-state index contributed by atoms with van der Waals surface area (Å²) < 4.78 is 15.2. The number of aliphatic hydroxyl groups is 4. The number of carboxylic acid groups (broad SMARTS) is 2. The molecule has 1 unspecified atom stereocenters. The van der Waals surface area contributed by atoms with Gasteiger partial charge in [-0.2, -0.15) is 0 Å². The van der Waals surface area contributed by atoms with Gasteiger partial charge in [0.15, 0.2) is 24.8 Å². The molecule has 0 saturated carbocycles. The van der Waals surface area contributed by atoms with Crippen molar-refractivity contribution in [2.75, 3.05) is 0 Å². The van der Waals surface area contributed by atoms with Gasteiger partial charge in [-0.1, -0.05) is 0 Å². The van der Waals surface area contributed by atoms with Crippen molar-refractivity contribution in [3.63, 3.8) is 0 Å². The van der Waals surface area contributed by atoms with Crippen molar-refractivity contribution in [2.24, 2.45) is 5.73 Å². The van der Waals surface area contributed by atoms with Crippen LogP contribution in [0, 0.1) is 0 Å². The van der Waals surface area contributed by atoms with E-state index in [1.54, 1.807) is 0 Å². The van der Waals surface area contributed by atoms with E-state index in [-0.39, 0.29) is 0 Å². The first-order chi connectivity index (χ1) is 13.0. The Bertz CT molecular complexity index is 617. The zero-order chi connectivity index (χ0) is 21.3. The van der Waals surface area contributed by atoms with E-state index >= 15 is 0 Å². The Balaban J connectivity index is 2.32. The number of aliphatic carboxylic acids is 2. The van der Waals surface area contributed by atoms with Crippen LogP contribution in [0.25, 0.3) is 0 Å². The molecule has 0 aliphatic carbocycles. The van der Waals surface area contributed by atoms with Crippen LogP contribution in [0.15, 0.2) is 0 Å². The molecule has 0 bridgehead atoms. The number of carbonyl (C=O) groups excluding carboxylic acids is 1. The van der Waals surface area contributed by atoms with Gasteiger partial charge in [-0.05, 0) is 0 Å². The molecule has 28 heavy (non-hydrogen) atoms. The number of aliphatic hydroxyl groups excluding tert-OH is 4. The third-order valence-electron chi connectivity index (χ3n) is 4.39. The Morgan fingerprint density at radius 3 is 2.00 bits per heavy atom. The van der Waals surface area contributed by atoms with Crippen LogP contribution in [0.5, 0.6) is 0 Å². The van der Waals surface area contributed by atoms with E-state index in [0.29, 0.717) is 0 Å². The first-order valence-electron chi connectivity index (χ1n) is 8.12. The average molecular weight is 410 g/mol. The molecular weight excluding hydrogens is 388 g/mol. The van der Waals surface area contributed by atoms with Crippen molar-refractivity contribution >= 4 is 17.8 Å². The first kappa shape index (κ1) is 22.4. The van der Waals surface area contributed by atoms with E-state index in [1.807, 2.05) is 0 Å². The van der Waals surface area contributed by atoms with Crippen LogP contribution in [-0.4, -0.2) is 110 Å². The summed E-state index contributed by atoms with van der Waals surface area (Å²) in [7, 11) is 0. The summed E-state index contributed by atoms with van der Waals surface area (Å²) in [6.07, 6.45) is -14.9. The fraction of sp³-hybridized carbons (Fsp3) is 0.786. The van der Waals surface area contributed by atoms with Gasteiger partial charge in [0, 0.05) is 6.92 Å². The highest BCUT2D eigenvalue weighted by Crippen LogP contribution is 2.28. The summed E-state index contributed by atoms with van der Waals surface area (Å²) in [4.78, 5) is 34.0. The molecule has 2 fully saturated rings. The fourth-order valence-corrected chi connectivity index (χ4v) is 2.96. The van der Waals surface area contributed by atoms with Gasteiger partial charge < -0.3 is 55.9 Å². The van der Waals surface area contributed by atoms with Crippen LogP contribution in [0.3, 0.4) is 0 Å². The van der Waals surface area contributed by atoms with Gasteiger partial charge >= 0.3 is 11.9 Å². The van der Waals surface area contributed by atoms with E-state index in [4.69, 9.17) is 25.1 Å². The average Bonchev–Trinajstić information content (AvgIpc) is 2.60. The lowest BCUT2D eigenvalue weighted by Gasteiger charge is -2.45. The smallest absolute Gasteiger partial charge is 0.335 e. The van der Waals surface area contributed by atoms with Crippen molar-refractivity contribution in [2.45, 2.75) is 68.2 Å². The number of nitrogens with two attached hydrogens (primary N) is 1. The molecule has 2 aliphatic rings. The highest BCUT2D eigenvalue weighted by molar-refractivity contribution is 5.75. The molecule has 9 N–H and O–H groups in total. The van der Waals surface area contributed by atoms with Crippen LogP contribution >= 0.6 is 0 Å². The van der Waals surface area contributed by atoms with Crippen molar-refractivity contribution < 1.29 is 59.2 Å². The molecule has 0 aromatic heterocycles. The summed E-state index contributed by atoms with van der Waals surface area (Å²) in [6, 6.07) is -3.00. The second-order valence-electron chi connectivity index (χ2n) is 6.42. The summed E-state index contributed by atoms with van der Waals surface area (Å²) in [6.45, 7) is 1.06. The monoisotopic (exact) mass is 410 g/mol. The minimum atomic E-state index is -1.98. The van der Waals surface area contributed by atoms with Gasteiger partial charge in [0.25, 0.3) is 0 Å². The van der Waals surface area contributed by atoms with Crippen LogP contribution in [-0.2, 0) is 28.6 Å². The van der Waals surface area contributed by atoms with Gasteiger partial charge in [0.1, 0.15) is 30.5 Å². The zero-order valence-corrected chi connectivity index (χ0v) is 14.5. The molecule has 2 aliphatic heterocycles. The lowest BCUT2D eigenvalue weighted by molar-refractivity contribution is -0.317. The van der Waals surface area contributed by atoms with Gasteiger partial charge in [-0.25, -0.2) is 9.59 Å². The van der Waals surface area contributed by atoms with Crippen LogP contribution < -0.4 is 11.1 Å². The molecule has 2 rings (SSSR count). The van der Waals surface area contributed by atoms with E-state index in [9.17, 15) is 39.9 Å². The van der Waals surface area contributed by atoms with Gasteiger partial charge in [-0.3, -0.25) is 4.79 Å². The third kappa shape index (κ3) is 4.39. The highest BCUT2D eigenvalue weighted by Gasteiger charge is 2.53. The maximum absolute atomic E-state index is 11.4. The lowest BCUT2D eigenvalue weighted by Crippen LogP contribution is -2.69. The minimum Gasteiger partial charge on any atom is -0.479 e. The Morgan fingerprint density at radius 1 is 0.929 bits per heavy atom. The van der Waals surface area contributed by atoms with Gasteiger partial charge in [0.05, 0.1) is 6.04 Å². The minimum absolute atomic E-state index is 0.704. The molecule has 10 atom stereocenters. The van der Waals surface area contributed by atoms with Crippen molar-refractivity contribution in [3.8, 4) is 0 Å². The van der Waals surface area contributed by atoms with Crippen molar-refractivity contribution in [3.05, 3.63) is 0 Å². The third-order valence-corrected chi connectivity index (χ3v) is 4.39.